The van der Waals surface area contributed by atoms with Crippen molar-refractivity contribution in [3.8, 4) is 0 Å². The number of anilines is 4. The summed E-state index contributed by atoms with van der Waals surface area (Å²) in [7, 11) is 7.68. The maximum absolute atomic E-state index is 13.5. The van der Waals surface area contributed by atoms with E-state index in [1.807, 2.05) is 12.1 Å². The lowest BCUT2D eigenvalue weighted by molar-refractivity contribution is -0.000367. The number of nitrogens with zero attached hydrogens (tertiary/aromatic N) is 4. The molecular weight excluding hydrogens is 909 g/mol. The Morgan fingerprint density at radius 3 is 1.36 bits per heavy atom. The molecule has 2 atom stereocenters. The molecule has 6 aliphatic rings. The molecule has 12 heteroatoms. The number of nitrogens with one attached hydrogen (secondary N) is 2. The largest absolute Gasteiger partial charge is 0.351 e. The second kappa shape index (κ2) is 17.7. The summed E-state index contributed by atoms with van der Waals surface area (Å²) in [5.74, 6) is 1.33. The van der Waals surface area contributed by atoms with Crippen LogP contribution in [0.15, 0.2) is 133 Å². The number of para-hydroxylation sites is 2. The van der Waals surface area contributed by atoms with Crippen molar-refractivity contribution in [1.29, 1.82) is 0 Å². The van der Waals surface area contributed by atoms with E-state index in [1.165, 1.54) is 33.9 Å². The Balaban J connectivity index is 0.702. The summed E-state index contributed by atoms with van der Waals surface area (Å²) in [6.45, 7) is 21.9. The van der Waals surface area contributed by atoms with Gasteiger partial charge in [0, 0.05) is 119 Å². The minimum atomic E-state index is -0.660. The lowest BCUT2D eigenvalue weighted by Crippen LogP contribution is -2.51. The van der Waals surface area contributed by atoms with E-state index in [2.05, 4.69) is 209 Å². The van der Waals surface area contributed by atoms with Crippen molar-refractivity contribution < 1.29 is 19.1 Å². The summed E-state index contributed by atoms with van der Waals surface area (Å²) in [4.78, 5) is 36.3. The van der Waals surface area contributed by atoms with E-state index in [9.17, 15) is 9.59 Å². The van der Waals surface area contributed by atoms with Crippen LogP contribution in [0.4, 0.5) is 22.7 Å². The van der Waals surface area contributed by atoms with Gasteiger partial charge in [0.2, 0.25) is 0 Å². The molecule has 0 bridgehead atoms. The molecule has 2 saturated heterocycles. The van der Waals surface area contributed by atoms with E-state index in [0.717, 1.165) is 47.1 Å². The fourth-order valence-electron chi connectivity index (χ4n) is 12.5. The molecule has 2 amide bonds. The fraction of sp³-hybridized carbons (Fsp3) is 0.414. The average molecular weight is 977 g/mol. The molecule has 10 rings (SSSR count). The zero-order chi connectivity index (χ0) is 49.4. The van der Waals surface area contributed by atoms with Gasteiger partial charge in [-0.15, -0.1) is 0 Å². The zero-order valence-electron chi connectivity index (χ0n) is 42.4. The van der Waals surface area contributed by atoms with Gasteiger partial charge in [-0.2, -0.15) is 0 Å². The minimum absolute atomic E-state index is 0.0825. The van der Waals surface area contributed by atoms with Crippen LogP contribution in [0.3, 0.4) is 0 Å². The number of rotatable bonds is 13. The third kappa shape index (κ3) is 7.36. The van der Waals surface area contributed by atoms with Gasteiger partial charge in [-0.05, 0) is 95.1 Å². The quantitative estimate of drug-likeness (QED) is 0.0997. The molecule has 10 nitrogen and oxygen atoms in total. The Morgan fingerprint density at radius 2 is 0.957 bits per heavy atom. The van der Waals surface area contributed by atoms with Gasteiger partial charge in [0.15, 0.2) is 11.4 Å². The second-order valence-corrected chi connectivity index (χ2v) is 24.2. The molecule has 0 spiro atoms. The summed E-state index contributed by atoms with van der Waals surface area (Å²) in [5, 5.41) is 6.27. The van der Waals surface area contributed by atoms with Crippen LogP contribution < -0.4 is 30.2 Å². The van der Waals surface area contributed by atoms with Crippen LogP contribution in [0.1, 0.15) is 98.4 Å². The van der Waals surface area contributed by atoms with Crippen LogP contribution in [0.5, 0.6) is 0 Å². The van der Waals surface area contributed by atoms with Gasteiger partial charge >= 0.3 is 0 Å². The summed E-state index contributed by atoms with van der Waals surface area (Å²) >= 11 is 0. The highest BCUT2D eigenvalue weighted by Crippen LogP contribution is 2.57. The Morgan fingerprint density at radius 1 is 0.557 bits per heavy atom. The first kappa shape index (κ1) is 48.2. The van der Waals surface area contributed by atoms with Crippen molar-refractivity contribution in [2.45, 2.75) is 88.5 Å². The predicted octanol–water partition coefficient (Wildman–Crippen LogP) is 10.6. The number of carbonyl (C=O) groups is 2. The van der Waals surface area contributed by atoms with E-state index in [4.69, 9.17) is 9.47 Å². The molecule has 2 fully saturated rings. The van der Waals surface area contributed by atoms with Gasteiger partial charge in [-0.25, -0.2) is 0 Å². The average Bonchev–Trinajstić information content (AvgIpc) is 4.13. The summed E-state index contributed by atoms with van der Waals surface area (Å²) in [6.07, 6.45) is 13.2. The van der Waals surface area contributed by atoms with Crippen molar-refractivity contribution >= 4 is 56.2 Å². The predicted molar refractivity (Wildman–Crippen MR) is 291 cm³/mol. The zero-order valence-corrected chi connectivity index (χ0v) is 44.1. The van der Waals surface area contributed by atoms with Crippen molar-refractivity contribution in [3.63, 3.8) is 0 Å². The molecule has 366 valence electrons. The van der Waals surface area contributed by atoms with Crippen molar-refractivity contribution in [2.24, 2.45) is 0 Å². The topological polar surface area (TPSA) is 89.6 Å². The number of benzene rings is 4. The molecule has 0 aromatic heterocycles. The number of likely N-dealkylation sites (N-methyl/N-ethyl adjacent to an activating group) is 2. The van der Waals surface area contributed by atoms with Gasteiger partial charge in [0.1, 0.15) is 0 Å². The number of hydrogen-bond donors (Lipinski definition) is 2. The molecular formula is C58H68N6O4S2. The van der Waals surface area contributed by atoms with Crippen LogP contribution in [-0.2, 0) is 31.1 Å². The van der Waals surface area contributed by atoms with Crippen LogP contribution >= 0.6 is 21.6 Å². The molecule has 70 heavy (non-hydrogen) atoms. The number of hydrogen-bond acceptors (Lipinski definition) is 10. The van der Waals surface area contributed by atoms with Gasteiger partial charge in [0.05, 0.1) is 13.2 Å². The lowest BCUT2D eigenvalue weighted by atomic mass is 9.77. The van der Waals surface area contributed by atoms with Gasteiger partial charge in [-0.1, -0.05) is 126 Å². The molecule has 0 radical (unpaired) electrons. The lowest BCUT2D eigenvalue weighted by Gasteiger charge is -2.39. The van der Waals surface area contributed by atoms with Crippen LogP contribution in [0, 0.1) is 0 Å². The molecule has 2 N–H and O–H groups in total. The van der Waals surface area contributed by atoms with Crippen molar-refractivity contribution in [2.75, 3.05) is 84.6 Å². The van der Waals surface area contributed by atoms with Gasteiger partial charge < -0.3 is 39.7 Å². The number of carbonyl (C=O) groups excluding carboxylic acids is 2. The van der Waals surface area contributed by atoms with E-state index in [-0.39, 0.29) is 22.6 Å². The highest BCUT2D eigenvalue weighted by Gasteiger charge is 2.60. The maximum atomic E-state index is 13.5. The third-order valence-electron chi connectivity index (χ3n) is 16.4. The molecule has 0 aliphatic carbocycles. The second-order valence-electron chi connectivity index (χ2n) is 21.5. The first-order valence-corrected chi connectivity index (χ1v) is 27.3. The number of amides is 2. The van der Waals surface area contributed by atoms with E-state index in [1.54, 1.807) is 21.6 Å². The Hall–Kier alpha value is -5.40. The van der Waals surface area contributed by atoms with Crippen molar-refractivity contribution in [3.05, 3.63) is 166 Å². The maximum Gasteiger partial charge on any atom is 0.251 e. The summed E-state index contributed by atoms with van der Waals surface area (Å²) in [5.41, 5.74) is 11.0. The van der Waals surface area contributed by atoms with Gasteiger partial charge in [-0.3, -0.25) is 9.59 Å². The molecule has 6 aliphatic heterocycles. The number of ether oxygens (including phenoxy) is 2. The number of fused-ring (bicyclic) bond motifs is 8. The SMILES string of the molecule is CN1/C(=C/C=C/C23OCCN2c2ccc(C(=O)NCCSSCCNC(=O)c4ccc5c(c4)C(C)(C)C4(/C=C/C=C6/N(C)c7ccccc7C6(C)C)OCCN54)cc2C3(C)C)C(C)(C)c2ccccc21. The van der Waals surface area contributed by atoms with Crippen LogP contribution in [0.25, 0.3) is 0 Å². The third-order valence-corrected chi connectivity index (χ3v) is 18.8. The first-order valence-electron chi connectivity index (χ1n) is 24.8. The standard InChI is InChI=1S/C58H68N6O4S2/c1-53(2)41-17-11-13-19-45(41)61(9)49(53)21-15-27-57-55(5,6)43-37-39(23-25-47(43)63(57)31-33-67-57)51(65)59-29-35-69-70-36-30-60-52(66)40-24-26-48-44(38-40)56(7,8)58(64(48)32-34-68-58)28-16-22-50-54(3,4)42-18-12-14-20-46(42)62(50)10/h11-28,37-38H,29-36H2,1-10H3,(H,59,65)(H,60,66)/b27-15+,28-16+,49-21+,50-22+. The summed E-state index contributed by atoms with van der Waals surface area (Å²) in [6, 6.07) is 29.4. The molecule has 4 aromatic rings. The molecule has 4 aromatic carbocycles. The molecule has 6 heterocycles. The van der Waals surface area contributed by atoms with Crippen LogP contribution in [-0.4, -0.2) is 88.3 Å². The van der Waals surface area contributed by atoms with Gasteiger partial charge in [0.25, 0.3) is 11.8 Å². The van der Waals surface area contributed by atoms with Crippen LogP contribution in [0.2, 0.25) is 0 Å². The highest BCUT2D eigenvalue weighted by molar-refractivity contribution is 8.76. The Labute approximate surface area is 423 Å². The molecule has 2 unspecified atom stereocenters. The fourth-order valence-corrected chi connectivity index (χ4v) is 14.3. The summed E-state index contributed by atoms with van der Waals surface area (Å²) < 4.78 is 13.3. The minimum Gasteiger partial charge on any atom is -0.351 e. The monoisotopic (exact) mass is 976 g/mol. The highest BCUT2D eigenvalue weighted by atomic mass is 33.1. The van der Waals surface area contributed by atoms with Crippen molar-refractivity contribution in [1.82, 2.24) is 10.6 Å². The van der Waals surface area contributed by atoms with E-state index in [0.29, 0.717) is 37.4 Å². The number of allylic oxidation sites excluding steroid dienone is 6. The normalized spacial score (nSPS) is 24.9. The van der Waals surface area contributed by atoms with E-state index >= 15 is 0 Å². The Kier molecular flexibility index (Phi) is 12.2. The van der Waals surface area contributed by atoms with E-state index < -0.39 is 22.3 Å². The molecule has 0 saturated carbocycles. The smallest absolute Gasteiger partial charge is 0.251 e. The first-order chi connectivity index (χ1) is 33.4. The Bertz CT molecular complexity index is 2690.